The fourth-order valence-electron chi connectivity index (χ4n) is 1.71. The number of carbonyl (C=O) groups is 1. The summed E-state index contributed by atoms with van der Waals surface area (Å²) in [5.74, 6) is -0.0588. The molecule has 0 spiro atoms. The van der Waals surface area contributed by atoms with Gasteiger partial charge >= 0.3 is 5.97 Å². The Morgan fingerprint density at radius 1 is 1.39 bits per heavy atom. The first-order chi connectivity index (χ1) is 8.72. The highest BCUT2D eigenvalue weighted by Gasteiger charge is 2.11. The lowest BCUT2D eigenvalue weighted by Crippen LogP contribution is -2.09. The maximum Gasteiger partial charge on any atom is 0.357 e. The van der Waals surface area contributed by atoms with Crippen LogP contribution in [0, 0.1) is 0 Å². The largest absolute Gasteiger partial charge is 0.461 e. The molecular formula is C14H16N2O2. The highest BCUT2D eigenvalue weighted by molar-refractivity contribution is 5.97. The molecule has 2 N–H and O–H groups in total. The summed E-state index contributed by atoms with van der Waals surface area (Å²) in [4.78, 5) is 15.9. The molecule has 1 aromatic heterocycles. The molecule has 4 nitrogen and oxygen atoms in total. The molecule has 0 fully saturated rings. The number of fused-ring (bicyclic) bond motifs is 1. The van der Waals surface area contributed by atoms with Gasteiger partial charge in [0.25, 0.3) is 0 Å². The lowest BCUT2D eigenvalue weighted by atomic mass is 10.1. The molecule has 0 bridgehead atoms. The normalized spacial score (nSPS) is 10.5. The minimum Gasteiger partial charge on any atom is -0.461 e. The van der Waals surface area contributed by atoms with Crippen molar-refractivity contribution in [2.75, 3.05) is 12.3 Å². The van der Waals surface area contributed by atoms with Crippen molar-refractivity contribution in [1.82, 2.24) is 4.98 Å². The van der Waals surface area contributed by atoms with Crippen LogP contribution < -0.4 is 5.73 Å². The number of nitrogens with zero attached hydrogens (tertiary/aromatic N) is 1. The summed E-state index contributed by atoms with van der Waals surface area (Å²) in [7, 11) is 0. The minimum absolute atomic E-state index is 0.266. The summed E-state index contributed by atoms with van der Waals surface area (Å²) in [5, 5.41) is 1.75. The molecule has 94 valence electrons. The summed E-state index contributed by atoms with van der Waals surface area (Å²) in [6, 6.07) is 9.27. The number of pyridine rings is 1. The third-order valence-corrected chi connectivity index (χ3v) is 2.71. The molecule has 0 aliphatic heterocycles. The van der Waals surface area contributed by atoms with Crippen LogP contribution in [0.4, 0.5) is 5.82 Å². The fourth-order valence-corrected chi connectivity index (χ4v) is 1.71. The van der Waals surface area contributed by atoms with E-state index in [0.29, 0.717) is 12.4 Å². The molecule has 1 aromatic carbocycles. The van der Waals surface area contributed by atoms with E-state index in [9.17, 15) is 4.79 Å². The van der Waals surface area contributed by atoms with E-state index in [4.69, 9.17) is 10.5 Å². The van der Waals surface area contributed by atoms with E-state index in [2.05, 4.69) is 4.98 Å². The maximum atomic E-state index is 11.8. The van der Waals surface area contributed by atoms with Gasteiger partial charge in [-0.3, -0.25) is 0 Å². The minimum atomic E-state index is -0.416. The zero-order valence-corrected chi connectivity index (χ0v) is 10.3. The van der Waals surface area contributed by atoms with Crippen molar-refractivity contribution in [2.24, 2.45) is 0 Å². The predicted octanol–water partition coefficient (Wildman–Crippen LogP) is 2.77. The van der Waals surface area contributed by atoms with Crippen LogP contribution in [-0.4, -0.2) is 17.6 Å². The van der Waals surface area contributed by atoms with E-state index in [-0.39, 0.29) is 5.69 Å². The molecule has 2 aromatic rings. The number of hydrogen-bond donors (Lipinski definition) is 1. The smallest absolute Gasteiger partial charge is 0.357 e. The van der Waals surface area contributed by atoms with E-state index in [1.54, 1.807) is 6.07 Å². The molecule has 0 amide bonds. The van der Waals surface area contributed by atoms with Crippen molar-refractivity contribution < 1.29 is 9.53 Å². The van der Waals surface area contributed by atoms with Gasteiger partial charge in [0.05, 0.1) is 6.61 Å². The Bertz CT molecular complexity index is 567. The number of unbranched alkanes of at least 4 members (excludes halogenated alkanes) is 1. The zero-order chi connectivity index (χ0) is 13.0. The lowest BCUT2D eigenvalue weighted by molar-refractivity contribution is 0.0493. The van der Waals surface area contributed by atoms with Gasteiger partial charge in [0.2, 0.25) is 0 Å². The molecule has 0 saturated carbocycles. The second-order valence-electron chi connectivity index (χ2n) is 4.10. The number of ether oxygens (including phenoxy) is 1. The summed E-state index contributed by atoms with van der Waals surface area (Å²) >= 11 is 0. The van der Waals surface area contributed by atoms with Crippen molar-refractivity contribution in [3.63, 3.8) is 0 Å². The quantitative estimate of drug-likeness (QED) is 0.663. The van der Waals surface area contributed by atoms with Gasteiger partial charge in [-0.25, -0.2) is 9.78 Å². The van der Waals surface area contributed by atoms with Gasteiger partial charge in [0, 0.05) is 5.39 Å². The van der Waals surface area contributed by atoms with Crippen molar-refractivity contribution in [3.8, 4) is 0 Å². The predicted molar refractivity (Wildman–Crippen MR) is 71.3 cm³/mol. The third kappa shape index (κ3) is 2.59. The number of hydrogen-bond acceptors (Lipinski definition) is 4. The Morgan fingerprint density at radius 2 is 2.17 bits per heavy atom. The average molecular weight is 244 g/mol. The third-order valence-electron chi connectivity index (χ3n) is 2.71. The summed E-state index contributed by atoms with van der Waals surface area (Å²) in [6.45, 7) is 2.46. The van der Waals surface area contributed by atoms with Crippen LogP contribution in [0.25, 0.3) is 10.8 Å². The van der Waals surface area contributed by atoms with Crippen LogP contribution in [0.3, 0.4) is 0 Å². The fraction of sp³-hybridized carbons (Fsp3) is 0.286. The first-order valence-electron chi connectivity index (χ1n) is 6.04. The SMILES string of the molecule is CCCCOC(=O)c1cc2ccccc2c(N)n1. The molecule has 18 heavy (non-hydrogen) atoms. The van der Waals surface area contributed by atoms with Crippen molar-refractivity contribution >= 4 is 22.6 Å². The molecule has 0 atom stereocenters. The number of anilines is 1. The van der Waals surface area contributed by atoms with E-state index in [1.165, 1.54) is 0 Å². The Balaban J connectivity index is 2.26. The Hall–Kier alpha value is -2.10. The highest BCUT2D eigenvalue weighted by Crippen LogP contribution is 2.20. The maximum absolute atomic E-state index is 11.8. The van der Waals surface area contributed by atoms with Crippen molar-refractivity contribution in [3.05, 3.63) is 36.0 Å². The average Bonchev–Trinajstić information content (AvgIpc) is 2.39. The second-order valence-corrected chi connectivity index (χ2v) is 4.10. The number of aromatic nitrogens is 1. The lowest BCUT2D eigenvalue weighted by Gasteiger charge is -2.06. The van der Waals surface area contributed by atoms with Crippen molar-refractivity contribution in [1.29, 1.82) is 0 Å². The van der Waals surface area contributed by atoms with Crippen LogP contribution >= 0.6 is 0 Å². The number of esters is 1. The number of benzene rings is 1. The van der Waals surface area contributed by atoms with Crippen LogP contribution in [0.1, 0.15) is 30.3 Å². The first kappa shape index (κ1) is 12.4. The van der Waals surface area contributed by atoms with Crippen molar-refractivity contribution in [2.45, 2.75) is 19.8 Å². The number of nitrogen functional groups attached to an aromatic ring is 1. The number of carbonyl (C=O) groups excluding carboxylic acids is 1. The Labute approximate surface area is 106 Å². The van der Waals surface area contributed by atoms with Crippen LogP contribution in [0.2, 0.25) is 0 Å². The molecular weight excluding hydrogens is 228 g/mol. The first-order valence-corrected chi connectivity index (χ1v) is 6.04. The standard InChI is InChI=1S/C14H16N2O2/c1-2-3-8-18-14(17)12-9-10-6-4-5-7-11(10)13(15)16-12/h4-7,9H,2-3,8H2,1H3,(H2,15,16). The molecule has 0 saturated heterocycles. The molecule has 0 aliphatic rings. The van der Waals surface area contributed by atoms with Crippen LogP contribution in [-0.2, 0) is 4.74 Å². The van der Waals surface area contributed by atoms with Gasteiger partial charge in [-0.2, -0.15) is 0 Å². The van der Waals surface area contributed by atoms with E-state index >= 15 is 0 Å². The van der Waals surface area contributed by atoms with Gasteiger partial charge in [-0.05, 0) is 17.9 Å². The van der Waals surface area contributed by atoms with Gasteiger partial charge in [0.1, 0.15) is 5.82 Å². The van der Waals surface area contributed by atoms with Gasteiger partial charge in [-0.15, -0.1) is 0 Å². The molecule has 1 heterocycles. The van der Waals surface area contributed by atoms with E-state index in [0.717, 1.165) is 23.6 Å². The Kier molecular flexibility index (Phi) is 3.77. The van der Waals surface area contributed by atoms with Gasteiger partial charge < -0.3 is 10.5 Å². The summed E-state index contributed by atoms with van der Waals surface area (Å²) < 4.78 is 5.12. The molecule has 2 rings (SSSR count). The van der Waals surface area contributed by atoms with Gasteiger partial charge in [0.15, 0.2) is 5.69 Å². The van der Waals surface area contributed by atoms with Gasteiger partial charge in [-0.1, -0.05) is 37.6 Å². The zero-order valence-electron chi connectivity index (χ0n) is 10.3. The molecule has 0 aliphatic carbocycles. The molecule has 0 radical (unpaired) electrons. The van der Waals surface area contributed by atoms with E-state index in [1.807, 2.05) is 31.2 Å². The molecule has 0 unspecified atom stereocenters. The monoisotopic (exact) mass is 244 g/mol. The summed E-state index contributed by atoms with van der Waals surface area (Å²) in [6.07, 6.45) is 1.84. The number of rotatable bonds is 4. The second kappa shape index (κ2) is 5.49. The number of nitrogens with two attached hydrogens (primary N) is 1. The van der Waals surface area contributed by atoms with Crippen LogP contribution in [0.5, 0.6) is 0 Å². The van der Waals surface area contributed by atoms with Crippen LogP contribution in [0.15, 0.2) is 30.3 Å². The highest BCUT2D eigenvalue weighted by atomic mass is 16.5. The van der Waals surface area contributed by atoms with E-state index < -0.39 is 5.97 Å². The Morgan fingerprint density at radius 3 is 2.94 bits per heavy atom. The topological polar surface area (TPSA) is 65.2 Å². The summed E-state index contributed by atoms with van der Waals surface area (Å²) in [5.41, 5.74) is 6.10. The molecule has 4 heteroatoms.